The zero-order chi connectivity index (χ0) is 32.9. The SMILES string of the molecule is CC1=NN(c2ccccc2)C(=O)[C@H]1[C@@]1([C@H]2C(=O)N(c3ccccc3)N=C2c2ccc([N+](=O)[O-])cc2)C(=O)N(c2ccccc2)N=C1C. The zero-order valence-corrected chi connectivity index (χ0v) is 25.3. The van der Waals surface area contributed by atoms with Crippen molar-refractivity contribution in [1.82, 2.24) is 0 Å². The van der Waals surface area contributed by atoms with Gasteiger partial charge in [-0.05, 0) is 67.9 Å². The summed E-state index contributed by atoms with van der Waals surface area (Å²) >= 11 is 0. The number of carbonyl (C=O) groups is 3. The van der Waals surface area contributed by atoms with Gasteiger partial charge < -0.3 is 0 Å². The topological polar surface area (TPSA) is 141 Å². The van der Waals surface area contributed by atoms with E-state index in [1.807, 2.05) is 6.07 Å². The van der Waals surface area contributed by atoms with Gasteiger partial charge >= 0.3 is 0 Å². The highest BCUT2D eigenvalue weighted by atomic mass is 16.6. The average molecular weight is 626 g/mol. The first-order valence-corrected chi connectivity index (χ1v) is 14.8. The molecule has 4 aromatic carbocycles. The van der Waals surface area contributed by atoms with Gasteiger partial charge in [-0.1, -0.05) is 54.6 Å². The number of rotatable bonds is 7. The van der Waals surface area contributed by atoms with Crippen LogP contribution in [-0.4, -0.2) is 39.8 Å². The molecule has 232 valence electrons. The van der Waals surface area contributed by atoms with Crippen LogP contribution < -0.4 is 15.0 Å². The second-order valence-corrected chi connectivity index (χ2v) is 11.4. The quantitative estimate of drug-likeness (QED) is 0.200. The number of hydrogen-bond acceptors (Lipinski definition) is 8. The summed E-state index contributed by atoms with van der Waals surface area (Å²) in [7, 11) is 0. The van der Waals surface area contributed by atoms with E-state index in [0.29, 0.717) is 28.3 Å². The summed E-state index contributed by atoms with van der Waals surface area (Å²) in [5, 5.41) is 29.3. The number of amides is 3. The van der Waals surface area contributed by atoms with E-state index >= 15 is 4.79 Å². The van der Waals surface area contributed by atoms with E-state index in [-0.39, 0.29) is 17.1 Å². The minimum Gasteiger partial charge on any atom is -0.272 e. The maximum Gasteiger partial charge on any atom is 0.269 e. The van der Waals surface area contributed by atoms with Gasteiger partial charge in [-0.2, -0.15) is 25.3 Å². The lowest BCUT2D eigenvalue weighted by atomic mass is 9.59. The van der Waals surface area contributed by atoms with Gasteiger partial charge in [0.05, 0.1) is 33.4 Å². The average Bonchev–Trinajstić information content (AvgIpc) is 3.69. The fourth-order valence-corrected chi connectivity index (χ4v) is 6.62. The summed E-state index contributed by atoms with van der Waals surface area (Å²) in [5.74, 6) is -4.24. The molecule has 0 N–H and O–H groups in total. The molecule has 0 radical (unpaired) electrons. The van der Waals surface area contributed by atoms with Crippen LogP contribution in [0.2, 0.25) is 0 Å². The standard InChI is InChI=1S/C35H27N7O5/c1-22-29(32(43)39(36-22)25-12-6-3-7-13-25)35(23(2)37-41(34(35)45)27-16-10-5-11-17-27)30-31(24-18-20-28(21-19-24)42(46)47)38-40(33(30)44)26-14-8-4-9-15-26/h3-21,29-30H,1-2H3/t29-,30+,35-/m0/s1. The minimum atomic E-state index is -1.90. The lowest BCUT2D eigenvalue weighted by Crippen LogP contribution is -2.59. The number of nitro benzene ring substituents is 1. The van der Waals surface area contributed by atoms with Gasteiger partial charge in [0.2, 0.25) is 0 Å². The molecule has 3 atom stereocenters. The van der Waals surface area contributed by atoms with Gasteiger partial charge in [-0.15, -0.1) is 0 Å². The molecule has 0 fully saturated rings. The van der Waals surface area contributed by atoms with Crippen LogP contribution in [0, 0.1) is 27.4 Å². The number of para-hydroxylation sites is 3. The fraction of sp³-hybridized carbons (Fsp3) is 0.143. The van der Waals surface area contributed by atoms with Crippen LogP contribution in [0.1, 0.15) is 19.4 Å². The number of hydrogen-bond donors (Lipinski definition) is 0. The van der Waals surface area contributed by atoms with Crippen molar-refractivity contribution in [2.24, 2.45) is 32.6 Å². The van der Waals surface area contributed by atoms with Crippen molar-refractivity contribution < 1.29 is 19.3 Å². The monoisotopic (exact) mass is 625 g/mol. The van der Waals surface area contributed by atoms with Crippen molar-refractivity contribution in [3.63, 3.8) is 0 Å². The van der Waals surface area contributed by atoms with Gasteiger partial charge in [-0.3, -0.25) is 24.5 Å². The Morgan fingerprint density at radius 2 is 1.09 bits per heavy atom. The number of anilines is 3. The Bertz CT molecular complexity index is 2010. The smallest absolute Gasteiger partial charge is 0.269 e. The summed E-state index contributed by atoms with van der Waals surface area (Å²) in [6.07, 6.45) is 0. The highest BCUT2D eigenvalue weighted by Crippen LogP contribution is 2.52. The Morgan fingerprint density at radius 1 is 0.617 bits per heavy atom. The Hall–Kier alpha value is -6.30. The van der Waals surface area contributed by atoms with Crippen LogP contribution in [0.5, 0.6) is 0 Å². The van der Waals surface area contributed by atoms with Crippen LogP contribution in [0.4, 0.5) is 22.7 Å². The predicted octanol–water partition coefficient (Wildman–Crippen LogP) is 5.41. The summed E-state index contributed by atoms with van der Waals surface area (Å²) < 4.78 is 0. The molecular weight excluding hydrogens is 598 g/mol. The molecular formula is C35H27N7O5. The highest BCUT2D eigenvalue weighted by Gasteiger charge is 2.69. The normalized spacial score (nSPS) is 22.5. The third kappa shape index (κ3) is 4.52. The van der Waals surface area contributed by atoms with E-state index in [2.05, 4.69) is 5.10 Å². The number of nitro groups is 1. The largest absolute Gasteiger partial charge is 0.272 e. The van der Waals surface area contributed by atoms with Crippen molar-refractivity contribution >= 4 is 57.6 Å². The van der Waals surface area contributed by atoms with Crippen LogP contribution in [0.3, 0.4) is 0 Å². The second kappa shape index (κ2) is 11.2. The first-order valence-electron chi connectivity index (χ1n) is 14.8. The van der Waals surface area contributed by atoms with Crippen molar-refractivity contribution in [2.75, 3.05) is 15.0 Å². The van der Waals surface area contributed by atoms with Gasteiger partial charge in [0, 0.05) is 17.8 Å². The Morgan fingerprint density at radius 3 is 1.60 bits per heavy atom. The molecule has 7 rings (SSSR count). The maximum absolute atomic E-state index is 15.1. The molecule has 0 spiro atoms. The molecule has 0 aromatic heterocycles. The van der Waals surface area contributed by atoms with Crippen molar-refractivity contribution in [3.8, 4) is 0 Å². The molecule has 0 saturated heterocycles. The molecule has 3 aliphatic heterocycles. The molecule has 12 nitrogen and oxygen atoms in total. The summed E-state index contributed by atoms with van der Waals surface area (Å²) in [6, 6.07) is 32.0. The number of benzene rings is 4. The first-order chi connectivity index (χ1) is 22.7. The summed E-state index contributed by atoms with van der Waals surface area (Å²) in [4.78, 5) is 55.5. The molecule has 0 bridgehead atoms. The summed E-state index contributed by atoms with van der Waals surface area (Å²) in [5.41, 5.74) is 0.468. The molecule has 0 unspecified atom stereocenters. The Balaban J connectivity index is 1.46. The van der Waals surface area contributed by atoms with E-state index in [1.165, 1.54) is 39.3 Å². The van der Waals surface area contributed by atoms with Gasteiger partial charge in [0.1, 0.15) is 17.3 Å². The molecule has 47 heavy (non-hydrogen) atoms. The van der Waals surface area contributed by atoms with Crippen molar-refractivity contribution in [2.45, 2.75) is 13.8 Å². The molecule has 3 aliphatic rings. The zero-order valence-electron chi connectivity index (χ0n) is 25.3. The highest BCUT2D eigenvalue weighted by molar-refractivity contribution is 6.35. The number of hydrazone groups is 3. The minimum absolute atomic E-state index is 0.151. The fourth-order valence-electron chi connectivity index (χ4n) is 6.62. The molecule has 12 heteroatoms. The van der Waals surface area contributed by atoms with Gasteiger partial charge in [0.25, 0.3) is 23.4 Å². The molecule has 0 saturated carbocycles. The number of nitrogens with zero attached hydrogens (tertiary/aromatic N) is 7. The number of carbonyl (C=O) groups excluding carboxylic acids is 3. The second-order valence-electron chi connectivity index (χ2n) is 11.4. The van der Waals surface area contributed by atoms with Crippen molar-refractivity contribution in [3.05, 3.63) is 131 Å². The van der Waals surface area contributed by atoms with E-state index in [0.717, 1.165) is 0 Å². The number of non-ortho nitro benzene ring substituents is 1. The van der Waals surface area contributed by atoms with Crippen LogP contribution >= 0.6 is 0 Å². The molecule has 0 aliphatic carbocycles. The predicted molar refractivity (Wildman–Crippen MR) is 177 cm³/mol. The third-order valence-corrected chi connectivity index (χ3v) is 8.75. The van der Waals surface area contributed by atoms with Crippen LogP contribution in [0.15, 0.2) is 131 Å². The van der Waals surface area contributed by atoms with Crippen LogP contribution in [0.25, 0.3) is 0 Å². The first kappa shape index (κ1) is 29.4. The lowest BCUT2D eigenvalue weighted by Gasteiger charge is -2.37. The van der Waals surface area contributed by atoms with Crippen LogP contribution in [-0.2, 0) is 14.4 Å². The summed E-state index contributed by atoms with van der Waals surface area (Å²) in [6.45, 7) is 3.30. The third-order valence-electron chi connectivity index (χ3n) is 8.75. The molecule has 3 amide bonds. The lowest BCUT2D eigenvalue weighted by molar-refractivity contribution is -0.384. The molecule has 3 heterocycles. The van der Waals surface area contributed by atoms with E-state index in [1.54, 1.807) is 98.8 Å². The van der Waals surface area contributed by atoms with Gasteiger partial charge in [-0.25, -0.2) is 5.01 Å². The Labute approximate surface area is 269 Å². The maximum atomic E-state index is 15.1. The molecule has 4 aromatic rings. The van der Waals surface area contributed by atoms with E-state index in [9.17, 15) is 19.7 Å². The van der Waals surface area contributed by atoms with Gasteiger partial charge in [0.15, 0.2) is 0 Å². The van der Waals surface area contributed by atoms with E-state index < -0.39 is 39.9 Å². The van der Waals surface area contributed by atoms with Crippen molar-refractivity contribution in [1.29, 1.82) is 0 Å². The Kier molecular flexibility index (Phi) is 7.04. The van der Waals surface area contributed by atoms with E-state index in [4.69, 9.17) is 10.2 Å².